The Kier molecular flexibility index (Phi) is 4.74. The average molecular weight is 358 g/mol. The average Bonchev–Trinajstić information content (AvgIpc) is 2.99. The first-order chi connectivity index (χ1) is 10.6. The van der Waals surface area contributed by atoms with E-state index < -0.39 is 27.7 Å². The van der Waals surface area contributed by atoms with Crippen LogP contribution in [-0.2, 0) is 14.3 Å². The van der Waals surface area contributed by atoms with Crippen LogP contribution < -0.4 is 5.32 Å². The summed E-state index contributed by atoms with van der Waals surface area (Å²) in [4.78, 5) is 35.5. The van der Waals surface area contributed by atoms with E-state index in [2.05, 4.69) is 5.32 Å². The van der Waals surface area contributed by atoms with Crippen molar-refractivity contribution in [2.45, 2.75) is 37.6 Å². The molecule has 23 heavy (non-hydrogen) atoms. The van der Waals surface area contributed by atoms with Gasteiger partial charge in [-0.15, -0.1) is 23.2 Å². The minimum Gasteiger partial charge on any atom is -0.452 e. The predicted octanol–water partition coefficient (Wildman–Crippen LogP) is 3.34. The molecule has 0 aliphatic heterocycles. The van der Waals surface area contributed by atoms with Crippen LogP contribution in [0.15, 0.2) is 24.3 Å². The maximum atomic E-state index is 12.1. The van der Waals surface area contributed by atoms with Crippen LogP contribution in [-0.4, -0.2) is 28.1 Å². The molecule has 1 aromatic carbocycles. The van der Waals surface area contributed by atoms with E-state index in [0.29, 0.717) is 11.3 Å². The first-order valence-corrected chi connectivity index (χ1v) is 7.83. The topological polar surface area (TPSA) is 72.5 Å². The highest BCUT2D eigenvalue weighted by Crippen LogP contribution is 2.64. The normalized spacial score (nSPS) is 22.8. The summed E-state index contributed by atoms with van der Waals surface area (Å²) in [6.45, 7) is 4.49. The lowest BCUT2D eigenvalue weighted by Gasteiger charge is -2.17. The molecule has 2 atom stereocenters. The lowest BCUT2D eigenvalue weighted by atomic mass is 10.1. The molecule has 0 unspecified atom stereocenters. The minimum absolute atomic E-state index is 0.109. The van der Waals surface area contributed by atoms with Crippen molar-refractivity contribution in [3.63, 3.8) is 0 Å². The molecule has 0 bridgehead atoms. The number of halogens is 2. The van der Waals surface area contributed by atoms with Crippen LogP contribution in [0.3, 0.4) is 0 Å². The largest absolute Gasteiger partial charge is 0.452 e. The SMILES string of the molecule is CC(=O)c1cccc(NC(=O)[C@@H](C)OC(=O)[C@]2(C)CC2(Cl)Cl)c1. The molecule has 1 fully saturated rings. The standard InChI is InChI=1S/C16H17Cl2NO4/c1-9(20)11-5-4-6-12(7-11)19-13(21)10(2)23-14(22)15(3)8-16(15,17)18/h4-7,10H,8H2,1-3H3,(H,19,21)/t10-,15+/m1/s1. The third-order valence-electron chi connectivity index (χ3n) is 3.90. The van der Waals surface area contributed by atoms with Crippen LogP contribution in [0.5, 0.6) is 0 Å². The molecule has 5 nitrogen and oxygen atoms in total. The number of benzene rings is 1. The molecule has 124 valence electrons. The number of carbonyl (C=O) groups is 3. The zero-order valence-electron chi connectivity index (χ0n) is 13.0. The maximum absolute atomic E-state index is 12.1. The Morgan fingerprint density at radius 3 is 2.43 bits per heavy atom. The molecule has 0 heterocycles. The van der Waals surface area contributed by atoms with Gasteiger partial charge in [0.25, 0.3) is 5.91 Å². The Morgan fingerprint density at radius 1 is 1.30 bits per heavy atom. The zero-order chi connectivity index (χ0) is 17.4. The van der Waals surface area contributed by atoms with Crippen molar-refractivity contribution in [1.82, 2.24) is 0 Å². The first kappa shape index (κ1) is 17.8. The summed E-state index contributed by atoms with van der Waals surface area (Å²) in [6.07, 6.45) is -0.721. The van der Waals surface area contributed by atoms with Gasteiger partial charge in [0.05, 0.1) is 0 Å². The molecule has 1 aromatic rings. The fourth-order valence-corrected chi connectivity index (χ4v) is 2.71. The lowest BCUT2D eigenvalue weighted by molar-refractivity contribution is -0.158. The van der Waals surface area contributed by atoms with Crippen molar-refractivity contribution in [3.05, 3.63) is 29.8 Å². The van der Waals surface area contributed by atoms with Gasteiger partial charge < -0.3 is 10.1 Å². The van der Waals surface area contributed by atoms with E-state index in [9.17, 15) is 14.4 Å². The predicted molar refractivity (Wildman–Crippen MR) is 87.8 cm³/mol. The molecular formula is C16H17Cl2NO4. The molecule has 1 N–H and O–H groups in total. The fraction of sp³-hybridized carbons (Fsp3) is 0.438. The summed E-state index contributed by atoms with van der Waals surface area (Å²) < 4.78 is 4.00. The van der Waals surface area contributed by atoms with Crippen LogP contribution in [0.1, 0.15) is 37.6 Å². The zero-order valence-corrected chi connectivity index (χ0v) is 14.5. The molecule has 1 amide bonds. The molecule has 1 aliphatic rings. The number of ketones is 1. The van der Waals surface area contributed by atoms with Crippen LogP contribution in [0.2, 0.25) is 0 Å². The van der Waals surface area contributed by atoms with Crippen LogP contribution in [0.4, 0.5) is 5.69 Å². The van der Waals surface area contributed by atoms with Gasteiger partial charge in [0.2, 0.25) is 0 Å². The summed E-state index contributed by atoms with van der Waals surface area (Å²) >= 11 is 11.8. The van der Waals surface area contributed by atoms with Gasteiger partial charge in [-0.3, -0.25) is 14.4 Å². The number of anilines is 1. The number of Topliss-reactive ketones (excluding diaryl/α,β-unsaturated/α-hetero) is 1. The second-order valence-electron chi connectivity index (χ2n) is 5.89. The number of ether oxygens (including phenoxy) is 1. The number of esters is 1. The Labute approximate surface area is 144 Å². The number of alkyl halides is 2. The molecule has 7 heteroatoms. The second-order valence-corrected chi connectivity index (χ2v) is 7.37. The van der Waals surface area contributed by atoms with Crippen molar-refractivity contribution < 1.29 is 19.1 Å². The van der Waals surface area contributed by atoms with E-state index in [1.807, 2.05) is 0 Å². The lowest BCUT2D eigenvalue weighted by Crippen LogP contribution is -2.33. The van der Waals surface area contributed by atoms with Crippen LogP contribution in [0, 0.1) is 5.41 Å². The number of amides is 1. The highest BCUT2D eigenvalue weighted by atomic mass is 35.5. The monoisotopic (exact) mass is 357 g/mol. The van der Waals surface area contributed by atoms with Crippen molar-refractivity contribution >= 4 is 46.5 Å². The highest BCUT2D eigenvalue weighted by molar-refractivity contribution is 6.53. The van der Waals surface area contributed by atoms with Crippen LogP contribution >= 0.6 is 23.2 Å². The summed E-state index contributed by atoms with van der Waals surface area (Å²) in [7, 11) is 0. The smallest absolute Gasteiger partial charge is 0.315 e. The number of nitrogens with one attached hydrogen (secondary N) is 1. The molecular weight excluding hydrogens is 341 g/mol. The molecule has 2 rings (SSSR count). The Balaban J connectivity index is 1.97. The minimum atomic E-state index is -1.14. The number of hydrogen-bond acceptors (Lipinski definition) is 4. The van der Waals surface area contributed by atoms with E-state index in [1.165, 1.54) is 13.8 Å². The van der Waals surface area contributed by atoms with E-state index in [4.69, 9.17) is 27.9 Å². The summed E-state index contributed by atoms with van der Waals surface area (Å²) in [5.41, 5.74) is -0.0570. The van der Waals surface area contributed by atoms with Gasteiger partial charge >= 0.3 is 5.97 Å². The van der Waals surface area contributed by atoms with Gasteiger partial charge in [0.1, 0.15) is 9.75 Å². The van der Waals surface area contributed by atoms with Gasteiger partial charge in [-0.2, -0.15) is 0 Å². The van der Waals surface area contributed by atoms with Crippen molar-refractivity contribution in [2.75, 3.05) is 5.32 Å². The van der Waals surface area contributed by atoms with Crippen molar-refractivity contribution in [1.29, 1.82) is 0 Å². The molecule has 0 aromatic heterocycles. The Hall–Kier alpha value is -1.59. The van der Waals surface area contributed by atoms with Gasteiger partial charge in [0, 0.05) is 17.7 Å². The van der Waals surface area contributed by atoms with E-state index >= 15 is 0 Å². The Morgan fingerprint density at radius 2 is 1.91 bits per heavy atom. The molecule has 1 aliphatic carbocycles. The second kappa shape index (κ2) is 6.13. The quantitative estimate of drug-likeness (QED) is 0.498. The molecule has 1 saturated carbocycles. The number of carbonyl (C=O) groups excluding carboxylic acids is 3. The molecule has 0 saturated heterocycles. The molecule has 0 spiro atoms. The van der Waals surface area contributed by atoms with Gasteiger partial charge in [-0.25, -0.2) is 0 Å². The third kappa shape index (κ3) is 3.67. The van der Waals surface area contributed by atoms with Crippen molar-refractivity contribution in [2.24, 2.45) is 5.41 Å². The first-order valence-electron chi connectivity index (χ1n) is 7.07. The number of hydrogen-bond donors (Lipinski definition) is 1. The molecule has 0 radical (unpaired) electrons. The van der Waals surface area contributed by atoms with Crippen LogP contribution in [0.25, 0.3) is 0 Å². The maximum Gasteiger partial charge on any atom is 0.315 e. The van der Waals surface area contributed by atoms with E-state index in [-0.39, 0.29) is 12.2 Å². The highest BCUT2D eigenvalue weighted by Gasteiger charge is 2.69. The van der Waals surface area contributed by atoms with Gasteiger partial charge in [0.15, 0.2) is 11.9 Å². The summed E-state index contributed by atoms with van der Waals surface area (Å²) in [5.74, 6) is -1.22. The fourth-order valence-electron chi connectivity index (χ4n) is 2.03. The summed E-state index contributed by atoms with van der Waals surface area (Å²) in [6, 6.07) is 6.50. The van der Waals surface area contributed by atoms with E-state index in [0.717, 1.165) is 0 Å². The summed E-state index contributed by atoms with van der Waals surface area (Å²) in [5, 5.41) is 2.60. The van der Waals surface area contributed by atoms with Gasteiger partial charge in [-0.05, 0) is 32.9 Å². The van der Waals surface area contributed by atoms with Gasteiger partial charge in [-0.1, -0.05) is 12.1 Å². The number of rotatable bonds is 5. The van der Waals surface area contributed by atoms with Crippen molar-refractivity contribution in [3.8, 4) is 0 Å². The Bertz CT molecular complexity index is 674. The van der Waals surface area contributed by atoms with E-state index in [1.54, 1.807) is 31.2 Å². The third-order valence-corrected chi connectivity index (χ3v) is 5.00.